The van der Waals surface area contributed by atoms with Crippen molar-refractivity contribution in [2.24, 2.45) is 11.1 Å². The Hall–Kier alpha value is -1.55. The van der Waals surface area contributed by atoms with Gasteiger partial charge >= 0.3 is 5.97 Å². The smallest absolute Gasteiger partial charge is 0.311 e. The number of carboxylic acid groups (broad SMARTS) is 1. The van der Waals surface area contributed by atoms with E-state index in [9.17, 15) is 4.79 Å². The molecule has 0 saturated carbocycles. The van der Waals surface area contributed by atoms with E-state index in [4.69, 9.17) is 15.6 Å². The van der Waals surface area contributed by atoms with Crippen molar-refractivity contribution in [1.29, 1.82) is 0 Å². The second-order valence-corrected chi connectivity index (χ2v) is 4.73. The predicted octanol–water partition coefficient (Wildman–Crippen LogP) is 2.11. The second kappa shape index (κ2) is 4.75. The molecule has 4 nitrogen and oxygen atoms in total. The Labute approximate surface area is 101 Å². The fourth-order valence-electron chi connectivity index (χ4n) is 1.64. The average Bonchev–Trinajstić information content (AvgIpc) is 2.27. The number of hydrogen-bond donors (Lipinski definition) is 2. The van der Waals surface area contributed by atoms with E-state index in [0.29, 0.717) is 0 Å². The molecule has 1 unspecified atom stereocenters. The van der Waals surface area contributed by atoms with Crippen LogP contribution in [0, 0.1) is 12.3 Å². The van der Waals surface area contributed by atoms with Gasteiger partial charge < -0.3 is 15.6 Å². The lowest BCUT2D eigenvalue weighted by Crippen LogP contribution is -2.36. The Morgan fingerprint density at radius 2 is 2.06 bits per heavy atom. The normalized spacial score (nSPS) is 13.2. The minimum Gasteiger partial charge on any atom is -0.496 e. The summed E-state index contributed by atoms with van der Waals surface area (Å²) in [5.41, 5.74) is 6.76. The van der Waals surface area contributed by atoms with Gasteiger partial charge in [-0.3, -0.25) is 4.79 Å². The number of hydrogen-bond acceptors (Lipinski definition) is 3. The van der Waals surface area contributed by atoms with Gasteiger partial charge in [0, 0.05) is 6.04 Å². The number of carbonyl (C=O) groups is 1. The van der Waals surface area contributed by atoms with Crippen LogP contribution < -0.4 is 10.5 Å². The van der Waals surface area contributed by atoms with Crippen molar-refractivity contribution in [2.45, 2.75) is 26.8 Å². The summed E-state index contributed by atoms with van der Waals surface area (Å²) in [4.78, 5) is 11.1. The molecule has 1 rings (SSSR count). The molecular formula is C13H19NO3. The van der Waals surface area contributed by atoms with Crippen molar-refractivity contribution in [2.75, 3.05) is 7.11 Å². The highest BCUT2D eigenvalue weighted by atomic mass is 16.5. The molecule has 0 aliphatic heterocycles. The zero-order valence-corrected chi connectivity index (χ0v) is 10.7. The Kier molecular flexibility index (Phi) is 3.78. The van der Waals surface area contributed by atoms with Gasteiger partial charge in [0.1, 0.15) is 5.75 Å². The van der Waals surface area contributed by atoms with Gasteiger partial charge in [-0.1, -0.05) is 12.1 Å². The molecule has 0 bridgehead atoms. The van der Waals surface area contributed by atoms with E-state index >= 15 is 0 Å². The van der Waals surface area contributed by atoms with Crippen LogP contribution in [-0.4, -0.2) is 18.2 Å². The first kappa shape index (κ1) is 13.5. The number of nitrogens with two attached hydrogens (primary N) is 1. The van der Waals surface area contributed by atoms with E-state index < -0.39 is 17.4 Å². The molecule has 1 aromatic rings. The fourth-order valence-corrected chi connectivity index (χ4v) is 1.64. The lowest BCUT2D eigenvalue weighted by Gasteiger charge is -2.27. The van der Waals surface area contributed by atoms with E-state index in [2.05, 4.69) is 0 Å². The van der Waals surface area contributed by atoms with Crippen LogP contribution in [0.5, 0.6) is 5.75 Å². The van der Waals surface area contributed by atoms with Gasteiger partial charge in [0.05, 0.1) is 12.5 Å². The lowest BCUT2D eigenvalue weighted by molar-refractivity contribution is -0.148. The van der Waals surface area contributed by atoms with Gasteiger partial charge in [-0.05, 0) is 38.0 Å². The number of ether oxygens (including phenoxy) is 1. The van der Waals surface area contributed by atoms with E-state index in [0.717, 1.165) is 16.9 Å². The number of carboxylic acids is 1. The summed E-state index contributed by atoms with van der Waals surface area (Å²) < 4.78 is 5.16. The van der Waals surface area contributed by atoms with E-state index in [1.54, 1.807) is 27.0 Å². The largest absolute Gasteiger partial charge is 0.496 e. The highest BCUT2D eigenvalue weighted by Crippen LogP contribution is 2.33. The number of rotatable bonds is 4. The maximum absolute atomic E-state index is 11.1. The quantitative estimate of drug-likeness (QED) is 0.841. The molecule has 17 heavy (non-hydrogen) atoms. The monoisotopic (exact) mass is 237 g/mol. The predicted molar refractivity (Wildman–Crippen MR) is 66.1 cm³/mol. The molecule has 0 saturated heterocycles. The van der Waals surface area contributed by atoms with Crippen LogP contribution in [0.15, 0.2) is 18.2 Å². The first-order chi connectivity index (χ1) is 7.80. The third-order valence-electron chi connectivity index (χ3n) is 3.11. The average molecular weight is 237 g/mol. The van der Waals surface area contributed by atoms with Crippen LogP contribution in [0.2, 0.25) is 0 Å². The molecule has 0 aliphatic rings. The Balaban J connectivity index is 3.09. The van der Waals surface area contributed by atoms with Crippen molar-refractivity contribution in [1.82, 2.24) is 0 Å². The fraction of sp³-hybridized carbons (Fsp3) is 0.462. The minimum absolute atomic E-state index is 0.551. The first-order valence-electron chi connectivity index (χ1n) is 5.44. The summed E-state index contributed by atoms with van der Waals surface area (Å²) in [6.07, 6.45) is 0. The van der Waals surface area contributed by atoms with E-state index in [1.807, 2.05) is 19.1 Å². The van der Waals surface area contributed by atoms with Gasteiger partial charge in [-0.25, -0.2) is 0 Å². The van der Waals surface area contributed by atoms with Crippen LogP contribution in [0.1, 0.15) is 31.0 Å². The van der Waals surface area contributed by atoms with Crippen molar-refractivity contribution in [3.05, 3.63) is 29.3 Å². The molecule has 0 aliphatic carbocycles. The molecule has 0 heterocycles. The van der Waals surface area contributed by atoms with Crippen molar-refractivity contribution in [3.63, 3.8) is 0 Å². The highest BCUT2D eigenvalue weighted by Gasteiger charge is 2.35. The highest BCUT2D eigenvalue weighted by molar-refractivity contribution is 5.75. The summed E-state index contributed by atoms with van der Waals surface area (Å²) in [5, 5.41) is 9.14. The number of methoxy groups -OCH3 is 1. The topological polar surface area (TPSA) is 72.5 Å². The van der Waals surface area contributed by atoms with Crippen molar-refractivity contribution in [3.8, 4) is 5.75 Å². The van der Waals surface area contributed by atoms with Crippen molar-refractivity contribution < 1.29 is 14.6 Å². The second-order valence-electron chi connectivity index (χ2n) is 4.73. The molecule has 4 heteroatoms. The molecule has 0 spiro atoms. The Morgan fingerprint density at radius 1 is 1.47 bits per heavy atom. The lowest BCUT2D eigenvalue weighted by atomic mass is 9.81. The van der Waals surface area contributed by atoms with E-state index in [-0.39, 0.29) is 0 Å². The Morgan fingerprint density at radius 3 is 2.47 bits per heavy atom. The van der Waals surface area contributed by atoms with Gasteiger partial charge in [-0.15, -0.1) is 0 Å². The van der Waals surface area contributed by atoms with Crippen LogP contribution in [-0.2, 0) is 4.79 Å². The first-order valence-corrected chi connectivity index (χ1v) is 5.44. The molecule has 0 amide bonds. The maximum Gasteiger partial charge on any atom is 0.311 e. The summed E-state index contributed by atoms with van der Waals surface area (Å²) in [6, 6.07) is 4.93. The molecule has 0 fully saturated rings. The summed E-state index contributed by atoms with van der Waals surface area (Å²) >= 11 is 0. The van der Waals surface area contributed by atoms with Crippen LogP contribution in [0.3, 0.4) is 0 Å². The minimum atomic E-state index is -0.999. The van der Waals surface area contributed by atoms with Gasteiger partial charge in [0.15, 0.2) is 0 Å². The van der Waals surface area contributed by atoms with Crippen molar-refractivity contribution >= 4 is 5.97 Å². The SMILES string of the molecule is COc1ccc(C(N)C(C)(C)C(=O)O)cc1C. The van der Waals surface area contributed by atoms with Gasteiger partial charge in [0.2, 0.25) is 0 Å². The Bertz CT molecular complexity index is 427. The van der Waals surface area contributed by atoms with E-state index in [1.165, 1.54) is 0 Å². The summed E-state index contributed by atoms with van der Waals surface area (Å²) in [5.74, 6) is -0.132. The third-order valence-corrected chi connectivity index (χ3v) is 3.11. The standard InChI is InChI=1S/C13H19NO3/c1-8-7-9(5-6-10(8)17-4)11(14)13(2,3)12(15)16/h5-7,11H,14H2,1-4H3,(H,15,16). The molecule has 1 atom stereocenters. The van der Waals surface area contributed by atoms with Crippen LogP contribution >= 0.6 is 0 Å². The molecule has 94 valence electrons. The summed E-state index contributed by atoms with van der Waals surface area (Å²) in [7, 11) is 1.60. The zero-order valence-electron chi connectivity index (χ0n) is 10.7. The van der Waals surface area contributed by atoms with Gasteiger partial charge in [-0.2, -0.15) is 0 Å². The molecular weight excluding hydrogens is 218 g/mol. The zero-order chi connectivity index (χ0) is 13.2. The third kappa shape index (κ3) is 2.58. The summed E-state index contributed by atoms with van der Waals surface area (Å²) in [6.45, 7) is 5.15. The molecule has 0 aromatic heterocycles. The van der Waals surface area contributed by atoms with Gasteiger partial charge in [0.25, 0.3) is 0 Å². The maximum atomic E-state index is 11.1. The molecule has 0 radical (unpaired) electrons. The number of benzene rings is 1. The molecule has 1 aromatic carbocycles. The number of aryl methyl sites for hydroxylation is 1. The number of aliphatic carboxylic acids is 1. The molecule has 3 N–H and O–H groups in total. The van der Waals surface area contributed by atoms with Crippen LogP contribution in [0.25, 0.3) is 0 Å². The van der Waals surface area contributed by atoms with Crippen LogP contribution in [0.4, 0.5) is 0 Å².